The van der Waals surface area contributed by atoms with Crippen molar-refractivity contribution in [1.29, 1.82) is 0 Å². The number of methoxy groups -OCH3 is 1. The van der Waals surface area contributed by atoms with Gasteiger partial charge in [-0.2, -0.15) is 0 Å². The number of halogens is 1. The maximum absolute atomic E-state index is 11.7. The predicted octanol–water partition coefficient (Wildman–Crippen LogP) is 0.512. The normalized spacial score (nSPS) is 11.6. The summed E-state index contributed by atoms with van der Waals surface area (Å²) in [4.78, 5) is 32.5. The van der Waals surface area contributed by atoms with E-state index in [-0.39, 0.29) is 22.8 Å². The molecule has 0 aliphatic carbocycles. The van der Waals surface area contributed by atoms with Crippen LogP contribution in [0.5, 0.6) is 0 Å². The minimum absolute atomic E-state index is 0.00525. The molecule has 0 heterocycles. The molecule has 0 aliphatic heterocycles. The van der Waals surface area contributed by atoms with Crippen molar-refractivity contribution in [3.63, 3.8) is 0 Å². The number of benzene rings is 1. The summed E-state index contributed by atoms with van der Waals surface area (Å²) in [5.41, 5.74) is -0.254. The maximum Gasteiger partial charge on any atom is 0.336 e. The Balaban J connectivity index is 2.73. The van der Waals surface area contributed by atoms with E-state index >= 15 is 0 Å². The van der Waals surface area contributed by atoms with E-state index < -0.39 is 22.9 Å². The fourth-order valence-electron chi connectivity index (χ4n) is 1.31. The van der Waals surface area contributed by atoms with E-state index in [4.69, 9.17) is 11.6 Å². The number of aliphatic hydroxyl groups excluding tert-OH is 1. The molecule has 0 saturated carbocycles. The Kier molecular flexibility index (Phi) is 5.42. The quantitative estimate of drug-likeness (QED) is 0.465. The summed E-state index contributed by atoms with van der Waals surface area (Å²) >= 11 is 5.75. The number of hydrogen-bond acceptors (Lipinski definition) is 6. The molecule has 0 radical (unpaired) electrons. The van der Waals surface area contributed by atoms with E-state index in [0.29, 0.717) is 0 Å². The zero-order valence-electron chi connectivity index (χ0n) is 10.3. The zero-order chi connectivity index (χ0) is 15.3. The van der Waals surface area contributed by atoms with Crippen molar-refractivity contribution in [1.82, 2.24) is 5.32 Å². The lowest BCUT2D eigenvalue weighted by Crippen LogP contribution is -2.37. The number of non-ortho nitro benzene ring substituents is 1. The van der Waals surface area contributed by atoms with Crippen LogP contribution in [0.25, 0.3) is 0 Å². The van der Waals surface area contributed by atoms with Crippen molar-refractivity contribution in [2.75, 3.05) is 13.7 Å². The number of carbonyl (C=O) groups excluding carboxylic acids is 2. The van der Waals surface area contributed by atoms with Crippen LogP contribution >= 0.6 is 11.6 Å². The number of aliphatic hydroxyl groups is 1. The van der Waals surface area contributed by atoms with Gasteiger partial charge in [-0.25, -0.2) is 4.79 Å². The van der Waals surface area contributed by atoms with Gasteiger partial charge in [-0.3, -0.25) is 14.9 Å². The SMILES string of the molecule is COC(=O)C(O)CNC(=O)c1ccc([N+](=O)[O-])cc1Cl. The fourth-order valence-corrected chi connectivity index (χ4v) is 1.57. The lowest BCUT2D eigenvalue weighted by Gasteiger charge is -2.10. The smallest absolute Gasteiger partial charge is 0.336 e. The topological polar surface area (TPSA) is 119 Å². The zero-order valence-corrected chi connectivity index (χ0v) is 11.1. The Labute approximate surface area is 118 Å². The molecule has 20 heavy (non-hydrogen) atoms. The largest absolute Gasteiger partial charge is 0.467 e. The third-order valence-corrected chi connectivity index (χ3v) is 2.65. The van der Waals surface area contributed by atoms with Crippen LogP contribution in [0, 0.1) is 10.1 Å². The lowest BCUT2D eigenvalue weighted by atomic mass is 10.2. The van der Waals surface area contributed by atoms with Gasteiger partial charge in [-0.15, -0.1) is 0 Å². The number of nitro benzene ring substituents is 1. The van der Waals surface area contributed by atoms with Crippen molar-refractivity contribution in [3.8, 4) is 0 Å². The molecule has 9 heteroatoms. The highest BCUT2D eigenvalue weighted by Gasteiger charge is 2.19. The average Bonchev–Trinajstić information content (AvgIpc) is 2.43. The molecule has 0 aliphatic rings. The van der Waals surface area contributed by atoms with Crippen LogP contribution in [0.2, 0.25) is 5.02 Å². The lowest BCUT2D eigenvalue weighted by molar-refractivity contribution is -0.384. The Morgan fingerprint density at radius 1 is 1.55 bits per heavy atom. The van der Waals surface area contributed by atoms with Crippen molar-refractivity contribution in [2.45, 2.75) is 6.10 Å². The van der Waals surface area contributed by atoms with Crippen LogP contribution in [0.15, 0.2) is 18.2 Å². The summed E-state index contributed by atoms with van der Waals surface area (Å²) in [7, 11) is 1.10. The van der Waals surface area contributed by atoms with Crippen LogP contribution in [-0.2, 0) is 9.53 Å². The van der Waals surface area contributed by atoms with Crippen molar-refractivity contribution in [3.05, 3.63) is 38.9 Å². The minimum Gasteiger partial charge on any atom is -0.467 e. The molecule has 0 spiro atoms. The van der Waals surface area contributed by atoms with Crippen LogP contribution in [-0.4, -0.2) is 41.7 Å². The van der Waals surface area contributed by atoms with Crippen LogP contribution in [0.4, 0.5) is 5.69 Å². The van der Waals surface area contributed by atoms with Gasteiger partial charge < -0.3 is 15.2 Å². The van der Waals surface area contributed by atoms with Gasteiger partial charge in [-0.05, 0) is 6.07 Å². The van der Waals surface area contributed by atoms with Crippen LogP contribution in [0.1, 0.15) is 10.4 Å². The van der Waals surface area contributed by atoms with Gasteiger partial charge in [0, 0.05) is 12.1 Å². The number of rotatable bonds is 5. The molecule has 2 N–H and O–H groups in total. The first kappa shape index (κ1) is 15.9. The number of carbonyl (C=O) groups is 2. The Hall–Kier alpha value is -2.19. The molecule has 8 nitrogen and oxygen atoms in total. The molecule has 1 rings (SSSR count). The Bertz CT molecular complexity index is 548. The van der Waals surface area contributed by atoms with Gasteiger partial charge in [0.1, 0.15) is 0 Å². The summed E-state index contributed by atoms with van der Waals surface area (Å²) in [5, 5.41) is 22.0. The van der Waals surface area contributed by atoms with Gasteiger partial charge in [0.15, 0.2) is 6.10 Å². The van der Waals surface area contributed by atoms with Crippen LogP contribution < -0.4 is 5.32 Å². The molecule has 1 amide bonds. The van der Waals surface area contributed by atoms with Crippen molar-refractivity contribution < 1.29 is 24.4 Å². The summed E-state index contributed by atoms with van der Waals surface area (Å²) < 4.78 is 4.27. The van der Waals surface area contributed by atoms with E-state index in [1.807, 2.05) is 0 Å². The van der Waals surface area contributed by atoms with E-state index in [1.54, 1.807) is 0 Å². The molecule has 0 fully saturated rings. The monoisotopic (exact) mass is 302 g/mol. The third kappa shape index (κ3) is 3.90. The van der Waals surface area contributed by atoms with E-state index in [1.165, 1.54) is 6.07 Å². The number of nitro groups is 1. The molecular formula is C11H11ClN2O6. The van der Waals surface area contributed by atoms with E-state index in [0.717, 1.165) is 19.2 Å². The first-order valence-corrected chi connectivity index (χ1v) is 5.72. The summed E-state index contributed by atoms with van der Waals surface area (Å²) in [6, 6.07) is 3.34. The number of amides is 1. The summed E-state index contributed by atoms with van der Waals surface area (Å²) in [6.07, 6.45) is -1.50. The van der Waals surface area contributed by atoms with Crippen LogP contribution in [0.3, 0.4) is 0 Å². The second kappa shape index (κ2) is 6.83. The Morgan fingerprint density at radius 3 is 2.70 bits per heavy atom. The first-order chi connectivity index (χ1) is 9.36. The Morgan fingerprint density at radius 2 is 2.20 bits per heavy atom. The molecule has 1 aromatic carbocycles. The second-order valence-corrected chi connectivity index (χ2v) is 4.08. The van der Waals surface area contributed by atoms with Gasteiger partial charge in [0.2, 0.25) is 0 Å². The number of nitrogens with zero attached hydrogens (tertiary/aromatic N) is 1. The molecule has 1 atom stereocenters. The third-order valence-electron chi connectivity index (χ3n) is 2.34. The highest BCUT2D eigenvalue weighted by molar-refractivity contribution is 6.34. The number of esters is 1. The van der Waals surface area contributed by atoms with Gasteiger partial charge in [-0.1, -0.05) is 11.6 Å². The summed E-state index contributed by atoms with van der Waals surface area (Å²) in [5.74, 6) is -1.56. The van der Waals surface area contributed by atoms with Crippen molar-refractivity contribution >= 4 is 29.2 Å². The summed E-state index contributed by atoms with van der Waals surface area (Å²) in [6.45, 7) is -0.362. The molecule has 0 saturated heterocycles. The van der Waals surface area contributed by atoms with E-state index in [9.17, 15) is 24.8 Å². The first-order valence-electron chi connectivity index (χ1n) is 5.35. The average molecular weight is 303 g/mol. The molecular weight excluding hydrogens is 292 g/mol. The van der Waals surface area contributed by atoms with Gasteiger partial charge in [0.25, 0.3) is 11.6 Å². The molecule has 1 aromatic rings. The molecule has 1 unspecified atom stereocenters. The second-order valence-electron chi connectivity index (χ2n) is 3.67. The minimum atomic E-state index is -1.50. The predicted molar refractivity (Wildman–Crippen MR) is 68.5 cm³/mol. The molecule has 108 valence electrons. The highest BCUT2D eigenvalue weighted by Crippen LogP contribution is 2.22. The fraction of sp³-hybridized carbons (Fsp3) is 0.273. The number of nitrogens with one attached hydrogen (secondary N) is 1. The number of ether oxygens (including phenoxy) is 1. The van der Waals surface area contributed by atoms with E-state index in [2.05, 4.69) is 10.1 Å². The molecule has 0 bridgehead atoms. The van der Waals surface area contributed by atoms with Crippen molar-refractivity contribution in [2.24, 2.45) is 0 Å². The molecule has 0 aromatic heterocycles. The van der Waals surface area contributed by atoms with Gasteiger partial charge in [0.05, 0.1) is 29.2 Å². The maximum atomic E-state index is 11.7. The number of hydrogen-bond donors (Lipinski definition) is 2. The highest BCUT2D eigenvalue weighted by atomic mass is 35.5. The standard InChI is InChI=1S/C11H11ClN2O6/c1-20-11(17)9(15)5-13-10(16)7-3-2-6(14(18)19)4-8(7)12/h2-4,9,15H,5H2,1H3,(H,13,16). The van der Waals surface area contributed by atoms with Gasteiger partial charge >= 0.3 is 5.97 Å².